The fourth-order valence-corrected chi connectivity index (χ4v) is 2.79. The van der Waals surface area contributed by atoms with E-state index in [1.807, 2.05) is 24.3 Å². The zero-order chi connectivity index (χ0) is 13.8. The molecule has 3 unspecified atom stereocenters. The molecule has 3 atom stereocenters. The van der Waals surface area contributed by atoms with Gasteiger partial charge < -0.3 is 11.1 Å². The van der Waals surface area contributed by atoms with Crippen LogP contribution in [0.25, 0.3) is 0 Å². The first kappa shape index (κ1) is 14.4. The van der Waals surface area contributed by atoms with E-state index in [0.717, 1.165) is 31.2 Å². The summed E-state index contributed by atoms with van der Waals surface area (Å²) in [4.78, 5) is 12.2. The van der Waals surface area contributed by atoms with Gasteiger partial charge in [-0.1, -0.05) is 30.7 Å². The van der Waals surface area contributed by atoms with Gasteiger partial charge in [-0.15, -0.1) is 0 Å². The van der Waals surface area contributed by atoms with Crippen LogP contribution in [-0.4, -0.2) is 11.9 Å². The van der Waals surface area contributed by atoms with Gasteiger partial charge in [0.15, 0.2) is 0 Å². The van der Waals surface area contributed by atoms with Crippen molar-refractivity contribution in [3.8, 4) is 0 Å². The predicted molar refractivity (Wildman–Crippen MR) is 77.9 cm³/mol. The number of hydrogen-bond donors (Lipinski definition) is 2. The lowest BCUT2D eigenvalue weighted by Gasteiger charge is -2.20. The lowest BCUT2D eigenvalue weighted by atomic mass is 10.0. The number of hydrogen-bond acceptors (Lipinski definition) is 2. The van der Waals surface area contributed by atoms with Crippen molar-refractivity contribution in [2.24, 2.45) is 11.7 Å². The maximum Gasteiger partial charge on any atom is 0.223 e. The van der Waals surface area contributed by atoms with Crippen molar-refractivity contribution in [3.05, 3.63) is 34.9 Å². The Labute approximate surface area is 119 Å². The number of amides is 1. The third-order valence-electron chi connectivity index (χ3n) is 3.84. The van der Waals surface area contributed by atoms with Crippen LogP contribution in [0, 0.1) is 5.92 Å². The molecule has 1 aromatic carbocycles. The van der Waals surface area contributed by atoms with Gasteiger partial charge in [0.1, 0.15) is 0 Å². The fraction of sp³-hybridized carbons (Fsp3) is 0.533. The van der Waals surface area contributed by atoms with E-state index in [4.69, 9.17) is 17.3 Å². The normalized spacial score (nSPS) is 24.2. The van der Waals surface area contributed by atoms with Gasteiger partial charge in [0.25, 0.3) is 0 Å². The van der Waals surface area contributed by atoms with Gasteiger partial charge in [-0.25, -0.2) is 0 Å². The maximum atomic E-state index is 12.2. The minimum Gasteiger partial charge on any atom is -0.349 e. The molecule has 0 spiro atoms. The van der Waals surface area contributed by atoms with E-state index in [1.54, 1.807) is 0 Å². The zero-order valence-electron chi connectivity index (χ0n) is 11.2. The van der Waals surface area contributed by atoms with Gasteiger partial charge in [0, 0.05) is 17.0 Å². The minimum absolute atomic E-state index is 0.0570. The molecule has 104 valence electrons. The molecule has 19 heavy (non-hydrogen) atoms. The number of carbonyl (C=O) groups is 1. The molecule has 1 aliphatic carbocycles. The van der Waals surface area contributed by atoms with Crippen LogP contribution < -0.4 is 11.1 Å². The first-order valence-electron chi connectivity index (χ1n) is 6.91. The van der Waals surface area contributed by atoms with Crippen molar-refractivity contribution in [2.75, 3.05) is 0 Å². The second kappa shape index (κ2) is 6.40. The quantitative estimate of drug-likeness (QED) is 0.891. The van der Waals surface area contributed by atoms with E-state index in [0.29, 0.717) is 5.02 Å². The number of nitrogens with two attached hydrogens (primary N) is 1. The van der Waals surface area contributed by atoms with Crippen molar-refractivity contribution in [1.29, 1.82) is 0 Å². The molecule has 1 fully saturated rings. The number of carbonyl (C=O) groups excluding carboxylic acids is 1. The SMILES string of the molecule is CCC(NC(=O)C1CCC(N)C1)c1ccc(Cl)cc1. The summed E-state index contributed by atoms with van der Waals surface area (Å²) in [7, 11) is 0. The van der Waals surface area contributed by atoms with Crippen molar-refractivity contribution in [2.45, 2.75) is 44.7 Å². The van der Waals surface area contributed by atoms with Crippen LogP contribution in [0.2, 0.25) is 5.02 Å². The van der Waals surface area contributed by atoms with Crippen LogP contribution in [0.4, 0.5) is 0 Å². The number of halogens is 1. The van der Waals surface area contributed by atoms with E-state index < -0.39 is 0 Å². The molecule has 0 bridgehead atoms. The molecule has 3 nitrogen and oxygen atoms in total. The molecule has 1 aliphatic rings. The summed E-state index contributed by atoms with van der Waals surface area (Å²) in [5.41, 5.74) is 6.96. The Morgan fingerprint density at radius 3 is 2.63 bits per heavy atom. The van der Waals surface area contributed by atoms with Crippen LogP contribution in [0.3, 0.4) is 0 Å². The Hall–Kier alpha value is -1.06. The highest BCUT2D eigenvalue weighted by Crippen LogP contribution is 2.26. The van der Waals surface area contributed by atoms with Crippen molar-refractivity contribution in [1.82, 2.24) is 5.32 Å². The molecule has 0 aliphatic heterocycles. The molecular formula is C15H21ClN2O. The Bertz CT molecular complexity index is 432. The van der Waals surface area contributed by atoms with Crippen molar-refractivity contribution < 1.29 is 4.79 Å². The van der Waals surface area contributed by atoms with Gasteiger partial charge in [-0.05, 0) is 43.4 Å². The van der Waals surface area contributed by atoms with Crippen molar-refractivity contribution in [3.63, 3.8) is 0 Å². The molecule has 0 aromatic heterocycles. The third-order valence-corrected chi connectivity index (χ3v) is 4.09. The highest BCUT2D eigenvalue weighted by atomic mass is 35.5. The Kier molecular flexibility index (Phi) is 4.83. The first-order valence-corrected chi connectivity index (χ1v) is 7.29. The summed E-state index contributed by atoms with van der Waals surface area (Å²) in [5, 5.41) is 3.84. The van der Waals surface area contributed by atoms with Gasteiger partial charge in [-0.3, -0.25) is 4.79 Å². The standard InChI is InChI=1S/C15H21ClN2O/c1-2-14(10-3-6-12(16)7-4-10)18-15(19)11-5-8-13(17)9-11/h3-4,6-7,11,13-14H,2,5,8-9,17H2,1H3,(H,18,19). The average Bonchev–Trinajstić information content (AvgIpc) is 2.84. The van der Waals surface area contributed by atoms with E-state index in [2.05, 4.69) is 12.2 Å². The number of benzene rings is 1. The van der Waals surface area contributed by atoms with Crippen LogP contribution in [0.5, 0.6) is 0 Å². The molecule has 0 radical (unpaired) electrons. The second-order valence-corrected chi connectivity index (χ2v) is 5.73. The molecule has 1 aromatic rings. The molecule has 4 heteroatoms. The fourth-order valence-electron chi connectivity index (χ4n) is 2.66. The molecule has 1 amide bonds. The largest absolute Gasteiger partial charge is 0.349 e. The molecule has 0 heterocycles. The second-order valence-electron chi connectivity index (χ2n) is 5.29. The van der Waals surface area contributed by atoms with Gasteiger partial charge in [0.05, 0.1) is 6.04 Å². The van der Waals surface area contributed by atoms with E-state index in [9.17, 15) is 4.79 Å². The van der Waals surface area contributed by atoms with Crippen LogP contribution in [0.15, 0.2) is 24.3 Å². The van der Waals surface area contributed by atoms with E-state index in [1.165, 1.54) is 0 Å². The van der Waals surface area contributed by atoms with E-state index >= 15 is 0 Å². The summed E-state index contributed by atoms with van der Waals surface area (Å²) in [6, 6.07) is 7.90. The van der Waals surface area contributed by atoms with Gasteiger partial charge in [-0.2, -0.15) is 0 Å². The van der Waals surface area contributed by atoms with Gasteiger partial charge in [0.2, 0.25) is 5.91 Å². The molecule has 3 N–H and O–H groups in total. The predicted octanol–water partition coefficient (Wildman–Crippen LogP) is 3.03. The average molecular weight is 281 g/mol. The summed E-state index contributed by atoms with van der Waals surface area (Å²) in [6.07, 6.45) is 3.54. The molecule has 2 rings (SSSR count). The zero-order valence-corrected chi connectivity index (χ0v) is 12.0. The molecule has 0 saturated heterocycles. The summed E-state index contributed by atoms with van der Waals surface area (Å²) < 4.78 is 0. The van der Waals surface area contributed by atoms with Gasteiger partial charge >= 0.3 is 0 Å². The lowest BCUT2D eigenvalue weighted by molar-refractivity contribution is -0.125. The summed E-state index contributed by atoms with van der Waals surface area (Å²) >= 11 is 5.88. The summed E-state index contributed by atoms with van der Waals surface area (Å²) in [6.45, 7) is 2.07. The third kappa shape index (κ3) is 3.71. The van der Waals surface area contributed by atoms with Crippen LogP contribution in [-0.2, 0) is 4.79 Å². The minimum atomic E-state index is 0.0570. The van der Waals surface area contributed by atoms with Crippen LogP contribution >= 0.6 is 11.6 Å². The molecule has 1 saturated carbocycles. The molecular weight excluding hydrogens is 260 g/mol. The monoisotopic (exact) mass is 280 g/mol. The van der Waals surface area contributed by atoms with E-state index in [-0.39, 0.29) is 23.9 Å². The lowest BCUT2D eigenvalue weighted by Crippen LogP contribution is -2.33. The Balaban J connectivity index is 1.99. The maximum absolute atomic E-state index is 12.2. The van der Waals surface area contributed by atoms with Crippen LogP contribution in [0.1, 0.15) is 44.2 Å². The first-order chi connectivity index (χ1) is 9.10. The highest BCUT2D eigenvalue weighted by Gasteiger charge is 2.28. The topological polar surface area (TPSA) is 55.1 Å². The number of nitrogens with one attached hydrogen (secondary N) is 1. The Morgan fingerprint density at radius 2 is 2.11 bits per heavy atom. The Morgan fingerprint density at radius 1 is 1.42 bits per heavy atom. The smallest absolute Gasteiger partial charge is 0.223 e. The summed E-state index contributed by atoms with van der Waals surface area (Å²) in [5.74, 6) is 0.214. The highest BCUT2D eigenvalue weighted by molar-refractivity contribution is 6.30. The number of rotatable bonds is 4. The van der Waals surface area contributed by atoms with Crippen molar-refractivity contribution >= 4 is 17.5 Å².